The van der Waals surface area contributed by atoms with Gasteiger partial charge in [-0.15, -0.1) is 0 Å². The second-order valence-corrected chi connectivity index (χ2v) is 7.46. The number of hydrogen-bond donors (Lipinski definition) is 0. The fraction of sp³-hybridized carbons (Fsp3) is 0. The van der Waals surface area contributed by atoms with E-state index < -0.39 is 11.6 Å². The van der Waals surface area contributed by atoms with Crippen LogP contribution < -0.4 is 10.2 Å². The molecule has 0 spiro atoms. The van der Waals surface area contributed by atoms with Gasteiger partial charge in [-0.3, -0.25) is 9.97 Å². The molecule has 0 fully saturated rings. The van der Waals surface area contributed by atoms with E-state index in [2.05, 4.69) is 9.97 Å². The Hall–Kier alpha value is -1.30. The molecule has 2 aromatic carbocycles. The predicted molar refractivity (Wildman–Crippen MR) is 108 cm³/mol. The summed E-state index contributed by atoms with van der Waals surface area (Å²) in [6, 6.07) is 8.78. The first-order valence-electron chi connectivity index (χ1n) is 7.19. The molecule has 2 heterocycles. The maximum absolute atomic E-state index is 13.2. The van der Waals surface area contributed by atoms with Crippen molar-refractivity contribution in [2.24, 2.45) is 0 Å². The second-order valence-electron chi connectivity index (χ2n) is 5.14. The van der Waals surface area contributed by atoms with E-state index in [0.29, 0.717) is 7.14 Å². The second kappa shape index (κ2) is 9.26. The van der Waals surface area contributed by atoms with Crippen LogP contribution in [-0.4, -0.2) is 9.97 Å². The van der Waals surface area contributed by atoms with Crippen LogP contribution in [0.15, 0.2) is 48.8 Å². The molecule has 0 saturated heterocycles. The molecule has 9 heteroatoms. The van der Waals surface area contributed by atoms with E-state index in [4.69, 9.17) is 0 Å². The van der Waals surface area contributed by atoms with Gasteiger partial charge < -0.3 is 10.2 Å². The van der Waals surface area contributed by atoms with E-state index in [1.165, 1.54) is 24.5 Å². The number of hydrogen-bond acceptors (Lipinski definition) is 4. The number of benzene rings is 2. The number of rotatable bonds is 0. The summed E-state index contributed by atoms with van der Waals surface area (Å²) in [6.07, 6.45) is 2.97. The quantitative estimate of drug-likeness (QED) is 0.217. The molecule has 0 unspecified atom stereocenters. The van der Waals surface area contributed by atoms with E-state index >= 15 is 0 Å². The SMILES string of the molecule is [Mn+2].[O-]c1c(I)cc([18F])c2cccnc12.[O-]c1c(I)cc([18F])c2cccnc12. The number of fused-ring (bicyclic) bond motifs is 2. The Morgan fingerprint density at radius 3 is 1.48 bits per heavy atom. The molecule has 27 heavy (non-hydrogen) atoms. The van der Waals surface area contributed by atoms with Gasteiger partial charge in [0.05, 0.1) is 11.0 Å². The van der Waals surface area contributed by atoms with E-state index in [0.717, 1.165) is 0 Å². The molecule has 0 amide bonds. The first-order chi connectivity index (χ1) is 12.4. The van der Waals surface area contributed by atoms with Gasteiger partial charge in [-0.05, 0) is 81.6 Å². The predicted octanol–water partition coefficient (Wildman–Crippen LogP) is 4.10. The third-order valence-electron chi connectivity index (χ3n) is 3.50. The first kappa shape index (κ1) is 22.0. The Morgan fingerprint density at radius 1 is 0.741 bits per heavy atom. The molecule has 4 aromatic rings. The average Bonchev–Trinajstić information content (AvgIpc) is 2.65. The van der Waals surface area contributed by atoms with E-state index in [-0.39, 0.29) is 50.4 Å². The fourth-order valence-corrected chi connectivity index (χ4v) is 3.35. The van der Waals surface area contributed by atoms with Crippen molar-refractivity contribution in [3.63, 3.8) is 0 Å². The Kier molecular flexibility index (Phi) is 7.55. The van der Waals surface area contributed by atoms with Gasteiger partial charge >= 0.3 is 17.1 Å². The zero-order valence-electron chi connectivity index (χ0n) is 13.2. The standard InChI is InChI=1S/2C9H5FINO.Mn/c2*10-6-4-7(11)9(13)8-5(6)2-1-3-12-8;/h2*1-4,13H;/q;;+2/p-2/i2*10-1;. The van der Waals surface area contributed by atoms with Gasteiger partial charge in [-0.25, -0.2) is 8.78 Å². The topological polar surface area (TPSA) is 71.9 Å². The minimum absolute atomic E-state index is 0. The normalized spacial score (nSPS) is 10.2. The molecule has 0 aliphatic heterocycles. The summed E-state index contributed by atoms with van der Waals surface area (Å²) in [5.74, 6) is -1.21. The largest absolute Gasteiger partial charge is 2.00 e. The Bertz CT molecular complexity index is 1040. The zero-order chi connectivity index (χ0) is 18.8. The van der Waals surface area contributed by atoms with Crippen molar-refractivity contribution >= 4 is 67.0 Å². The molecule has 0 bridgehead atoms. The van der Waals surface area contributed by atoms with Crippen LogP contribution in [-0.2, 0) is 17.1 Å². The molecule has 0 aliphatic carbocycles. The number of aromatic nitrogens is 2. The van der Waals surface area contributed by atoms with Gasteiger partial charge in [0.15, 0.2) is 0 Å². The Labute approximate surface area is 190 Å². The Balaban J connectivity index is 0.000000187. The van der Waals surface area contributed by atoms with Gasteiger partial charge in [-0.1, -0.05) is 11.5 Å². The van der Waals surface area contributed by atoms with Crippen LogP contribution in [0.4, 0.5) is 8.78 Å². The van der Waals surface area contributed by atoms with Crippen molar-refractivity contribution in [1.29, 1.82) is 0 Å². The number of halogens is 4. The van der Waals surface area contributed by atoms with Crippen LogP contribution in [0.5, 0.6) is 11.5 Å². The van der Waals surface area contributed by atoms with Crippen molar-refractivity contribution < 1.29 is 36.1 Å². The first-order valence-corrected chi connectivity index (χ1v) is 9.35. The molecule has 1 radical (unpaired) electrons. The van der Waals surface area contributed by atoms with Gasteiger partial charge in [0.2, 0.25) is 0 Å². The van der Waals surface area contributed by atoms with E-state index in [9.17, 15) is 19.0 Å². The van der Waals surface area contributed by atoms with E-state index in [1.54, 1.807) is 69.4 Å². The summed E-state index contributed by atoms with van der Waals surface area (Å²) in [4.78, 5) is 7.69. The van der Waals surface area contributed by atoms with E-state index in [1.807, 2.05) is 0 Å². The molecule has 137 valence electrons. The van der Waals surface area contributed by atoms with Crippen LogP contribution in [0.3, 0.4) is 0 Å². The van der Waals surface area contributed by atoms with Crippen LogP contribution in [0.1, 0.15) is 0 Å². The third kappa shape index (κ3) is 4.58. The molecule has 0 atom stereocenters. The van der Waals surface area contributed by atoms with Gasteiger partial charge in [0.25, 0.3) is 0 Å². The Morgan fingerprint density at radius 2 is 1.11 bits per heavy atom. The molecular formula is C18H8F2I2MnN2O2. The van der Waals surface area contributed by atoms with Gasteiger partial charge in [-0.2, -0.15) is 0 Å². The van der Waals surface area contributed by atoms with Gasteiger partial charge in [0.1, 0.15) is 11.6 Å². The summed E-state index contributed by atoms with van der Waals surface area (Å²) >= 11 is 3.61. The summed E-state index contributed by atoms with van der Waals surface area (Å²) in [7, 11) is 0. The molecule has 4 rings (SSSR count). The van der Waals surface area contributed by atoms with Crippen LogP contribution in [0.2, 0.25) is 0 Å². The van der Waals surface area contributed by atoms with Gasteiger partial charge in [0, 0.05) is 30.3 Å². The number of pyridine rings is 2. The molecule has 0 saturated carbocycles. The molecule has 0 N–H and O–H groups in total. The minimum Gasteiger partial charge on any atom is -0.870 e. The average molecular weight is 629 g/mol. The summed E-state index contributed by atoms with van der Waals surface area (Å²) in [5.41, 5.74) is 0.402. The molecule has 4 nitrogen and oxygen atoms in total. The maximum Gasteiger partial charge on any atom is 2.00 e. The smallest absolute Gasteiger partial charge is 0.870 e. The molecular weight excluding hydrogens is 621 g/mol. The summed E-state index contributed by atoms with van der Waals surface area (Å²) < 4.78 is 27.2. The van der Waals surface area contributed by atoms with Crippen LogP contribution in [0.25, 0.3) is 21.8 Å². The van der Waals surface area contributed by atoms with Crippen molar-refractivity contribution in [2.75, 3.05) is 0 Å². The van der Waals surface area contributed by atoms with Crippen molar-refractivity contribution in [3.05, 3.63) is 67.6 Å². The van der Waals surface area contributed by atoms with Crippen molar-refractivity contribution in [2.45, 2.75) is 0 Å². The third-order valence-corrected chi connectivity index (χ3v) is 5.10. The molecule has 0 aliphatic rings. The monoisotopic (exact) mass is 629 g/mol. The zero-order valence-corrected chi connectivity index (χ0v) is 18.7. The summed E-state index contributed by atoms with van der Waals surface area (Å²) in [6.45, 7) is 0. The molecule has 2 aromatic heterocycles. The fourth-order valence-electron chi connectivity index (χ4n) is 2.29. The van der Waals surface area contributed by atoms with Crippen LogP contribution >= 0.6 is 45.2 Å². The van der Waals surface area contributed by atoms with Crippen molar-refractivity contribution in [3.8, 4) is 11.5 Å². The van der Waals surface area contributed by atoms with Crippen molar-refractivity contribution in [1.82, 2.24) is 9.97 Å². The van der Waals surface area contributed by atoms with Crippen LogP contribution in [0, 0.1) is 18.8 Å². The number of nitrogens with zero attached hydrogens (tertiary/aromatic N) is 2. The minimum atomic E-state index is -0.396. The maximum atomic E-state index is 13.2. The summed E-state index contributed by atoms with van der Waals surface area (Å²) in [5, 5.41) is 23.5.